The lowest BCUT2D eigenvalue weighted by Gasteiger charge is -2.30. The maximum absolute atomic E-state index is 14.5. The topological polar surface area (TPSA) is 72.5 Å². The number of hydrogen-bond donors (Lipinski definition) is 2. The largest absolute Gasteiger partial charge is 0.481 e. The van der Waals surface area contributed by atoms with Gasteiger partial charge in [0.05, 0.1) is 19.1 Å². The van der Waals surface area contributed by atoms with Crippen LogP contribution in [0.15, 0.2) is 6.07 Å². The Bertz CT molecular complexity index is 786. The Kier molecular flexibility index (Phi) is 5.78. The third-order valence-corrected chi connectivity index (χ3v) is 6.24. The molecular formula is C20H25F4N3O3. The number of alkyl halides is 3. The number of rotatable bonds is 6. The first-order chi connectivity index (χ1) is 14.2. The molecule has 6 nitrogen and oxygen atoms in total. The van der Waals surface area contributed by atoms with E-state index in [0.717, 1.165) is 12.8 Å². The highest BCUT2D eigenvalue weighted by molar-refractivity contribution is 5.82. The molecule has 2 heterocycles. The summed E-state index contributed by atoms with van der Waals surface area (Å²) in [6.45, 7) is 0.0520. The van der Waals surface area contributed by atoms with Crippen LogP contribution in [0.25, 0.3) is 0 Å². The molecule has 3 atom stereocenters. The van der Waals surface area contributed by atoms with Gasteiger partial charge in [0.1, 0.15) is 6.10 Å². The van der Waals surface area contributed by atoms with Crippen molar-refractivity contribution >= 4 is 5.91 Å². The summed E-state index contributed by atoms with van der Waals surface area (Å²) < 4.78 is 63.6. The summed E-state index contributed by atoms with van der Waals surface area (Å²) in [4.78, 5) is 16.3. The summed E-state index contributed by atoms with van der Waals surface area (Å²) in [6, 6.07) is 1.39. The van der Waals surface area contributed by atoms with Crippen molar-refractivity contribution in [2.45, 2.75) is 69.4 Å². The zero-order valence-electron chi connectivity index (χ0n) is 16.6. The van der Waals surface area contributed by atoms with Gasteiger partial charge in [-0.25, -0.2) is 4.39 Å². The van der Waals surface area contributed by atoms with Gasteiger partial charge in [-0.3, -0.25) is 4.79 Å². The van der Waals surface area contributed by atoms with Crippen molar-refractivity contribution in [3.05, 3.63) is 17.4 Å². The average Bonchev–Trinajstić information content (AvgIpc) is 3.32. The van der Waals surface area contributed by atoms with E-state index in [9.17, 15) is 22.4 Å². The zero-order chi connectivity index (χ0) is 21.5. The Hall–Kier alpha value is -2.10. The Morgan fingerprint density at radius 1 is 1.23 bits per heavy atom. The predicted octanol–water partition coefficient (Wildman–Crippen LogP) is 3.10. The average molecular weight is 431 g/mol. The van der Waals surface area contributed by atoms with Crippen LogP contribution in [0.2, 0.25) is 0 Å². The fourth-order valence-electron chi connectivity index (χ4n) is 4.38. The predicted molar refractivity (Wildman–Crippen MR) is 98.5 cm³/mol. The molecule has 0 bridgehead atoms. The second-order valence-electron chi connectivity index (χ2n) is 8.35. The molecule has 1 amide bonds. The summed E-state index contributed by atoms with van der Waals surface area (Å²) in [5.41, 5.74) is 0.361. The number of carbonyl (C=O) groups excluding carboxylic acids is 1. The molecule has 0 aromatic carbocycles. The van der Waals surface area contributed by atoms with Gasteiger partial charge in [0.25, 0.3) is 5.88 Å². The Morgan fingerprint density at radius 2 is 1.97 bits per heavy atom. The van der Waals surface area contributed by atoms with E-state index in [4.69, 9.17) is 9.47 Å². The van der Waals surface area contributed by atoms with E-state index < -0.39 is 24.0 Å². The highest BCUT2D eigenvalue weighted by Gasteiger charge is 2.47. The molecule has 0 unspecified atom stereocenters. The third kappa shape index (κ3) is 4.63. The van der Waals surface area contributed by atoms with Crippen LogP contribution in [-0.4, -0.2) is 42.4 Å². The molecule has 2 aliphatic carbocycles. The second kappa shape index (κ2) is 8.20. The molecule has 4 rings (SSSR count). The van der Waals surface area contributed by atoms with Crippen LogP contribution in [-0.2, 0) is 11.3 Å². The molecule has 0 spiro atoms. The number of hydrogen-bond acceptors (Lipinski definition) is 5. The SMILES string of the molecule is COc1nc(OC2CCC(C(F)(F)F)CC2)c(F)cc1CNC(=O)[C@@H]1C[C@H]2C[C@H]2N1. The van der Waals surface area contributed by atoms with Gasteiger partial charge in [-0.05, 0) is 50.5 Å². The van der Waals surface area contributed by atoms with Crippen LogP contribution in [0.5, 0.6) is 11.8 Å². The molecule has 2 saturated carbocycles. The van der Waals surface area contributed by atoms with Crippen LogP contribution in [0.3, 0.4) is 0 Å². The molecule has 1 aromatic rings. The molecule has 1 aromatic heterocycles. The van der Waals surface area contributed by atoms with Gasteiger partial charge in [0.2, 0.25) is 11.8 Å². The van der Waals surface area contributed by atoms with Crippen molar-refractivity contribution in [2.75, 3.05) is 7.11 Å². The van der Waals surface area contributed by atoms with E-state index in [2.05, 4.69) is 15.6 Å². The first-order valence-corrected chi connectivity index (χ1v) is 10.2. The third-order valence-electron chi connectivity index (χ3n) is 6.24. The number of halogens is 4. The molecule has 166 valence electrons. The first-order valence-electron chi connectivity index (χ1n) is 10.2. The number of methoxy groups -OCH3 is 1. The van der Waals surface area contributed by atoms with Gasteiger partial charge < -0.3 is 20.1 Å². The van der Waals surface area contributed by atoms with Gasteiger partial charge in [-0.15, -0.1) is 0 Å². The van der Waals surface area contributed by atoms with Crippen LogP contribution < -0.4 is 20.1 Å². The molecule has 10 heteroatoms. The minimum atomic E-state index is -4.21. The molecule has 3 fully saturated rings. The molecule has 0 radical (unpaired) electrons. The Morgan fingerprint density at radius 3 is 2.57 bits per heavy atom. The van der Waals surface area contributed by atoms with Crippen molar-refractivity contribution in [3.8, 4) is 11.8 Å². The summed E-state index contributed by atoms with van der Waals surface area (Å²) >= 11 is 0. The lowest BCUT2D eigenvalue weighted by atomic mass is 9.87. The number of pyridine rings is 1. The smallest absolute Gasteiger partial charge is 0.391 e. The van der Waals surface area contributed by atoms with Gasteiger partial charge in [-0.2, -0.15) is 18.2 Å². The highest BCUT2D eigenvalue weighted by Crippen LogP contribution is 2.41. The lowest BCUT2D eigenvalue weighted by Crippen LogP contribution is -2.41. The van der Waals surface area contributed by atoms with E-state index >= 15 is 0 Å². The monoisotopic (exact) mass is 431 g/mol. The molecule has 30 heavy (non-hydrogen) atoms. The highest BCUT2D eigenvalue weighted by atomic mass is 19.4. The van der Waals surface area contributed by atoms with Crippen molar-refractivity contribution in [3.63, 3.8) is 0 Å². The Labute approximate surface area is 171 Å². The second-order valence-corrected chi connectivity index (χ2v) is 8.35. The van der Waals surface area contributed by atoms with Gasteiger partial charge in [0.15, 0.2) is 5.82 Å². The van der Waals surface area contributed by atoms with Gasteiger partial charge in [0, 0.05) is 18.2 Å². The van der Waals surface area contributed by atoms with Gasteiger partial charge in [-0.1, -0.05) is 0 Å². The summed E-state index contributed by atoms with van der Waals surface area (Å²) in [5, 5.41) is 6.02. The lowest BCUT2D eigenvalue weighted by molar-refractivity contribution is -0.185. The van der Waals surface area contributed by atoms with Crippen molar-refractivity contribution in [1.29, 1.82) is 0 Å². The van der Waals surface area contributed by atoms with E-state index in [-0.39, 0.29) is 55.9 Å². The van der Waals surface area contributed by atoms with Crippen molar-refractivity contribution in [2.24, 2.45) is 11.8 Å². The van der Waals surface area contributed by atoms with Crippen LogP contribution in [0.1, 0.15) is 44.1 Å². The summed E-state index contributed by atoms with van der Waals surface area (Å²) in [7, 11) is 1.37. The number of amides is 1. The first kappa shape index (κ1) is 21.1. The van der Waals surface area contributed by atoms with E-state index in [1.807, 2.05) is 0 Å². The molecule has 3 aliphatic rings. The Balaban J connectivity index is 1.34. The quantitative estimate of drug-likeness (QED) is 0.678. The minimum Gasteiger partial charge on any atom is -0.481 e. The number of carbonyl (C=O) groups is 1. The molecular weight excluding hydrogens is 406 g/mol. The van der Waals surface area contributed by atoms with E-state index in [1.54, 1.807) is 0 Å². The zero-order valence-corrected chi connectivity index (χ0v) is 16.6. The van der Waals surface area contributed by atoms with Crippen molar-refractivity contribution in [1.82, 2.24) is 15.6 Å². The fraction of sp³-hybridized carbons (Fsp3) is 0.700. The molecule has 1 aliphatic heterocycles. The van der Waals surface area contributed by atoms with Crippen LogP contribution >= 0.6 is 0 Å². The van der Waals surface area contributed by atoms with Gasteiger partial charge >= 0.3 is 6.18 Å². The number of fused-ring (bicyclic) bond motifs is 1. The number of aromatic nitrogens is 1. The van der Waals surface area contributed by atoms with Crippen LogP contribution in [0, 0.1) is 17.7 Å². The normalized spacial score (nSPS) is 30.5. The maximum Gasteiger partial charge on any atom is 0.391 e. The van der Waals surface area contributed by atoms with Crippen LogP contribution in [0.4, 0.5) is 17.6 Å². The van der Waals surface area contributed by atoms with E-state index in [0.29, 0.717) is 17.5 Å². The fourth-order valence-corrected chi connectivity index (χ4v) is 4.38. The number of ether oxygens (including phenoxy) is 2. The van der Waals surface area contributed by atoms with Crippen molar-refractivity contribution < 1.29 is 31.8 Å². The summed E-state index contributed by atoms with van der Waals surface area (Å²) in [5.74, 6) is -1.83. The molecule has 1 saturated heterocycles. The van der Waals surface area contributed by atoms with E-state index in [1.165, 1.54) is 13.2 Å². The standard InChI is InChI=1S/C20H25F4N3O3/c1-29-18-11(9-25-17(28)16-8-10-7-15(10)26-16)6-14(21)19(27-18)30-13-4-2-12(3-5-13)20(22,23)24/h6,10,12-13,15-16,26H,2-5,7-9H2,1H3,(H,25,28)/t10-,12?,13?,15-,16+/m1/s1. The number of nitrogens with zero attached hydrogens (tertiary/aromatic N) is 1. The molecule has 2 N–H and O–H groups in total. The summed E-state index contributed by atoms with van der Waals surface area (Å²) in [6.07, 6.45) is -2.54. The number of piperidine rings is 1. The maximum atomic E-state index is 14.5. The number of nitrogens with one attached hydrogen (secondary N) is 2. The minimum absolute atomic E-state index is 0.0477.